The molecule has 16 heavy (non-hydrogen) atoms. The van der Waals surface area contributed by atoms with Gasteiger partial charge in [-0.3, -0.25) is 0 Å². The third-order valence-corrected chi connectivity index (χ3v) is 4.65. The zero-order valence-electron chi connectivity index (χ0n) is 11.4. The van der Waals surface area contributed by atoms with Crippen molar-refractivity contribution < 1.29 is 4.74 Å². The van der Waals surface area contributed by atoms with Gasteiger partial charge in [-0.15, -0.1) is 0 Å². The summed E-state index contributed by atoms with van der Waals surface area (Å²) in [5.41, 5.74) is 0.648. The molecule has 2 fully saturated rings. The van der Waals surface area contributed by atoms with E-state index in [1.54, 1.807) is 0 Å². The van der Waals surface area contributed by atoms with Gasteiger partial charge >= 0.3 is 0 Å². The molecule has 0 saturated carbocycles. The van der Waals surface area contributed by atoms with Crippen molar-refractivity contribution >= 4 is 0 Å². The largest absolute Gasteiger partial charge is 0.375 e. The second-order valence-electron chi connectivity index (χ2n) is 6.70. The first-order valence-electron chi connectivity index (χ1n) is 6.81. The van der Waals surface area contributed by atoms with Crippen LogP contribution in [0.4, 0.5) is 0 Å². The van der Waals surface area contributed by atoms with E-state index in [-0.39, 0.29) is 5.60 Å². The highest BCUT2D eigenvalue weighted by Crippen LogP contribution is 2.44. The molecule has 1 atom stereocenters. The molecule has 0 aliphatic carbocycles. The van der Waals surface area contributed by atoms with Crippen LogP contribution in [-0.4, -0.2) is 36.7 Å². The topological polar surface area (TPSA) is 12.5 Å². The van der Waals surface area contributed by atoms with Crippen molar-refractivity contribution in [2.24, 2.45) is 11.3 Å². The van der Waals surface area contributed by atoms with Crippen LogP contribution in [0.25, 0.3) is 0 Å². The van der Waals surface area contributed by atoms with Gasteiger partial charge < -0.3 is 9.64 Å². The van der Waals surface area contributed by atoms with Crippen LogP contribution >= 0.6 is 0 Å². The normalized spacial score (nSPS) is 31.1. The molecule has 0 N–H and O–H groups in total. The molecule has 2 heteroatoms. The first-order chi connectivity index (χ1) is 7.45. The van der Waals surface area contributed by atoms with E-state index in [0.717, 1.165) is 12.5 Å². The Labute approximate surface area is 100 Å². The van der Waals surface area contributed by atoms with Crippen molar-refractivity contribution in [2.45, 2.75) is 52.6 Å². The molecule has 2 aliphatic heterocycles. The van der Waals surface area contributed by atoms with E-state index in [1.165, 1.54) is 38.9 Å². The molecule has 0 bridgehead atoms. The van der Waals surface area contributed by atoms with Crippen molar-refractivity contribution in [3.05, 3.63) is 0 Å². The monoisotopic (exact) mass is 225 g/mol. The van der Waals surface area contributed by atoms with Gasteiger partial charge in [-0.1, -0.05) is 27.7 Å². The Hall–Kier alpha value is -0.0800. The minimum absolute atomic E-state index is 0.240. The van der Waals surface area contributed by atoms with E-state index in [9.17, 15) is 0 Å². The maximum Gasteiger partial charge on any atom is 0.0710 e. The summed E-state index contributed by atoms with van der Waals surface area (Å²) < 4.78 is 6.19. The van der Waals surface area contributed by atoms with Crippen molar-refractivity contribution in [1.29, 1.82) is 0 Å². The molecule has 0 aromatic heterocycles. The summed E-state index contributed by atoms with van der Waals surface area (Å²) in [7, 11) is 0. The summed E-state index contributed by atoms with van der Waals surface area (Å²) in [4.78, 5) is 2.54. The number of piperidine rings is 1. The molecule has 2 heterocycles. The maximum atomic E-state index is 6.19. The van der Waals surface area contributed by atoms with Gasteiger partial charge in [0.2, 0.25) is 0 Å². The fraction of sp³-hybridized carbons (Fsp3) is 1.00. The number of hydrogen-bond acceptors (Lipinski definition) is 2. The van der Waals surface area contributed by atoms with Gasteiger partial charge in [-0.05, 0) is 37.1 Å². The number of rotatable bonds is 1. The highest BCUT2D eigenvalue weighted by molar-refractivity contribution is 4.96. The molecule has 0 amide bonds. The van der Waals surface area contributed by atoms with E-state index in [4.69, 9.17) is 4.74 Å². The van der Waals surface area contributed by atoms with Gasteiger partial charge in [0.15, 0.2) is 0 Å². The Bertz CT molecular complexity index is 236. The second kappa shape index (κ2) is 4.30. The molecular weight excluding hydrogens is 198 g/mol. The first-order valence-corrected chi connectivity index (χ1v) is 6.81. The quantitative estimate of drug-likeness (QED) is 0.680. The minimum Gasteiger partial charge on any atom is -0.375 e. The van der Waals surface area contributed by atoms with Crippen molar-refractivity contribution in [3.8, 4) is 0 Å². The van der Waals surface area contributed by atoms with E-state index < -0.39 is 0 Å². The molecule has 0 aromatic carbocycles. The molecule has 2 nitrogen and oxygen atoms in total. The van der Waals surface area contributed by atoms with Crippen LogP contribution in [0.15, 0.2) is 0 Å². The highest BCUT2D eigenvalue weighted by atomic mass is 16.5. The number of nitrogens with zero attached hydrogens (tertiary/aromatic N) is 1. The average Bonchev–Trinajstić information content (AvgIpc) is 2.63. The van der Waals surface area contributed by atoms with Crippen LogP contribution in [-0.2, 0) is 4.74 Å². The molecular formula is C14H27NO. The summed E-state index contributed by atoms with van der Waals surface area (Å²) in [5, 5.41) is 0. The molecule has 1 unspecified atom stereocenters. The SMILES string of the molecule is CCN1CCC2(CC1)CC(C(C)(C)C)CO2. The molecule has 0 radical (unpaired) electrons. The Balaban J connectivity index is 1.93. The summed E-state index contributed by atoms with van der Waals surface area (Å²) in [5.74, 6) is 0.751. The Morgan fingerprint density at radius 3 is 2.31 bits per heavy atom. The third-order valence-electron chi connectivity index (χ3n) is 4.65. The summed E-state index contributed by atoms with van der Waals surface area (Å²) in [6.07, 6.45) is 3.77. The third kappa shape index (κ3) is 2.43. The van der Waals surface area contributed by atoms with Crippen molar-refractivity contribution in [3.63, 3.8) is 0 Å². The number of ether oxygens (including phenoxy) is 1. The summed E-state index contributed by atoms with van der Waals surface area (Å²) >= 11 is 0. The number of likely N-dealkylation sites (tertiary alicyclic amines) is 1. The van der Waals surface area contributed by atoms with E-state index >= 15 is 0 Å². The van der Waals surface area contributed by atoms with Gasteiger partial charge in [0.25, 0.3) is 0 Å². The van der Waals surface area contributed by atoms with Gasteiger partial charge in [0.05, 0.1) is 12.2 Å². The van der Waals surface area contributed by atoms with Gasteiger partial charge in [0.1, 0.15) is 0 Å². The van der Waals surface area contributed by atoms with Crippen molar-refractivity contribution in [2.75, 3.05) is 26.2 Å². The first kappa shape index (κ1) is 12.4. The predicted molar refractivity (Wildman–Crippen MR) is 67.6 cm³/mol. The van der Waals surface area contributed by atoms with E-state index in [2.05, 4.69) is 32.6 Å². The lowest BCUT2D eigenvalue weighted by atomic mass is 9.75. The maximum absolute atomic E-state index is 6.19. The molecule has 94 valence electrons. The standard InChI is InChI=1S/C14H27NO/c1-5-15-8-6-14(7-9-15)10-12(11-16-14)13(2,3)4/h12H,5-11H2,1-4H3. The molecule has 2 saturated heterocycles. The Morgan fingerprint density at radius 1 is 1.25 bits per heavy atom. The smallest absolute Gasteiger partial charge is 0.0710 e. The van der Waals surface area contributed by atoms with E-state index in [1.807, 2.05) is 0 Å². The van der Waals surface area contributed by atoms with Gasteiger partial charge in [-0.2, -0.15) is 0 Å². The molecule has 2 rings (SSSR count). The molecule has 1 spiro atoms. The van der Waals surface area contributed by atoms with Crippen molar-refractivity contribution in [1.82, 2.24) is 4.90 Å². The van der Waals surface area contributed by atoms with Crippen LogP contribution in [0.1, 0.15) is 47.0 Å². The number of hydrogen-bond donors (Lipinski definition) is 0. The van der Waals surface area contributed by atoms with Crippen LogP contribution in [0, 0.1) is 11.3 Å². The zero-order chi connectivity index (χ0) is 11.8. The second-order valence-corrected chi connectivity index (χ2v) is 6.70. The Morgan fingerprint density at radius 2 is 1.88 bits per heavy atom. The average molecular weight is 225 g/mol. The summed E-state index contributed by atoms with van der Waals surface area (Å²) in [6.45, 7) is 13.9. The van der Waals surface area contributed by atoms with Crippen LogP contribution in [0.2, 0.25) is 0 Å². The van der Waals surface area contributed by atoms with E-state index in [0.29, 0.717) is 5.41 Å². The lowest BCUT2D eigenvalue weighted by molar-refractivity contribution is -0.0431. The molecule has 2 aliphatic rings. The fourth-order valence-corrected chi connectivity index (χ4v) is 3.03. The van der Waals surface area contributed by atoms with Gasteiger partial charge in [0, 0.05) is 13.1 Å². The van der Waals surface area contributed by atoms with Crippen LogP contribution in [0.5, 0.6) is 0 Å². The molecule has 0 aromatic rings. The lowest BCUT2D eigenvalue weighted by Gasteiger charge is -2.38. The fourth-order valence-electron chi connectivity index (χ4n) is 3.03. The predicted octanol–water partition coefficient (Wildman–Crippen LogP) is 2.92. The van der Waals surface area contributed by atoms with Crippen LogP contribution < -0.4 is 0 Å². The lowest BCUT2D eigenvalue weighted by Crippen LogP contribution is -2.44. The Kier molecular flexibility index (Phi) is 3.33. The minimum atomic E-state index is 0.240. The highest BCUT2D eigenvalue weighted by Gasteiger charge is 2.45. The summed E-state index contributed by atoms with van der Waals surface area (Å²) in [6, 6.07) is 0. The zero-order valence-corrected chi connectivity index (χ0v) is 11.4. The van der Waals surface area contributed by atoms with Gasteiger partial charge in [-0.25, -0.2) is 0 Å². The van der Waals surface area contributed by atoms with Crippen LogP contribution in [0.3, 0.4) is 0 Å².